The summed E-state index contributed by atoms with van der Waals surface area (Å²) in [7, 11) is 0. The van der Waals surface area contributed by atoms with Crippen LogP contribution in [0.3, 0.4) is 0 Å². The molecule has 0 amide bonds. The fourth-order valence-electron chi connectivity index (χ4n) is 1.20. The van der Waals surface area contributed by atoms with E-state index in [1.807, 2.05) is 6.07 Å². The molecule has 2 rings (SSSR count). The molecule has 76 valence electrons. The third-order valence-electron chi connectivity index (χ3n) is 1.95. The number of para-hydroxylation sites is 2. The number of nitrogens with one attached hydrogen (secondary N) is 1. The van der Waals surface area contributed by atoms with Crippen LogP contribution >= 0.6 is 0 Å². The summed E-state index contributed by atoms with van der Waals surface area (Å²) in [4.78, 5) is 4.07. The molecule has 0 spiro atoms. The summed E-state index contributed by atoms with van der Waals surface area (Å²) in [6, 6.07) is 10.5. The Morgan fingerprint density at radius 1 is 1.13 bits per heavy atom. The van der Waals surface area contributed by atoms with Crippen molar-refractivity contribution in [2.45, 2.75) is 0 Å². The number of rotatable bonds is 2. The SMILES string of the molecule is Nc1ccc(Nc2ccccc2O)nc1. The summed E-state index contributed by atoms with van der Waals surface area (Å²) in [5, 5.41) is 12.5. The lowest BCUT2D eigenvalue weighted by Crippen LogP contribution is -1.94. The zero-order valence-electron chi connectivity index (χ0n) is 8.01. The van der Waals surface area contributed by atoms with Crippen molar-refractivity contribution >= 4 is 17.2 Å². The van der Waals surface area contributed by atoms with Gasteiger partial charge in [0, 0.05) is 0 Å². The number of hydrogen-bond donors (Lipinski definition) is 3. The Kier molecular flexibility index (Phi) is 2.41. The standard InChI is InChI=1S/C11H11N3O/c12-8-5-6-11(13-7-8)14-9-3-1-2-4-10(9)15/h1-7,15H,12H2,(H,13,14). The van der Waals surface area contributed by atoms with Gasteiger partial charge in [0.25, 0.3) is 0 Å². The Morgan fingerprint density at radius 2 is 1.93 bits per heavy atom. The number of phenols is 1. The van der Waals surface area contributed by atoms with E-state index in [0.717, 1.165) is 0 Å². The van der Waals surface area contributed by atoms with Gasteiger partial charge in [0.15, 0.2) is 0 Å². The number of nitrogens with two attached hydrogens (primary N) is 1. The Bertz CT molecular complexity index is 454. The first-order valence-electron chi connectivity index (χ1n) is 4.52. The molecule has 0 atom stereocenters. The number of aromatic hydroxyl groups is 1. The fourth-order valence-corrected chi connectivity index (χ4v) is 1.20. The van der Waals surface area contributed by atoms with Gasteiger partial charge in [-0.25, -0.2) is 4.98 Å². The van der Waals surface area contributed by atoms with Crippen LogP contribution in [0.1, 0.15) is 0 Å². The van der Waals surface area contributed by atoms with E-state index >= 15 is 0 Å². The second-order valence-corrected chi connectivity index (χ2v) is 3.12. The molecule has 1 aromatic carbocycles. The lowest BCUT2D eigenvalue weighted by atomic mass is 10.3. The molecule has 0 fully saturated rings. The predicted octanol–water partition coefficient (Wildman–Crippen LogP) is 2.11. The average Bonchev–Trinajstić information content (AvgIpc) is 2.25. The van der Waals surface area contributed by atoms with E-state index in [0.29, 0.717) is 17.2 Å². The lowest BCUT2D eigenvalue weighted by molar-refractivity contribution is 0.477. The van der Waals surface area contributed by atoms with Gasteiger partial charge in [-0.2, -0.15) is 0 Å². The van der Waals surface area contributed by atoms with Crippen LogP contribution in [0.5, 0.6) is 5.75 Å². The van der Waals surface area contributed by atoms with Crippen molar-refractivity contribution in [3.8, 4) is 5.75 Å². The number of pyridine rings is 1. The van der Waals surface area contributed by atoms with E-state index in [9.17, 15) is 5.11 Å². The Labute approximate surface area is 87.4 Å². The molecular formula is C11H11N3O. The summed E-state index contributed by atoms with van der Waals surface area (Å²) < 4.78 is 0. The van der Waals surface area contributed by atoms with Crippen LogP contribution in [0.15, 0.2) is 42.6 Å². The van der Waals surface area contributed by atoms with E-state index in [-0.39, 0.29) is 5.75 Å². The second kappa shape index (κ2) is 3.88. The summed E-state index contributed by atoms with van der Waals surface area (Å²) in [5.74, 6) is 0.835. The average molecular weight is 201 g/mol. The first-order valence-corrected chi connectivity index (χ1v) is 4.52. The van der Waals surface area contributed by atoms with Crippen molar-refractivity contribution in [2.75, 3.05) is 11.1 Å². The molecule has 4 heteroatoms. The molecule has 0 saturated heterocycles. The molecule has 0 aliphatic heterocycles. The number of anilines is 3. The molecule has 15 heavy (non-hydrogen) atoms. The van der Waals surface area contributed by atoms with Crippen LogP contribution in [-0.4, -0.2) is 10.1 Å². The summed E-state index contributed by atoms with van der Waals surface area (Å²) in [6.45, 7) is 0. The Hall–Kier alpha value is -2.23. The molecule has 0 bridgehead atoms. The quantitative estimate of drug-likeness (QED) is 0.651. The molecule has 0 aliphatic rings. The van der Waals surface area contributed by atoms with Gasteiger partial charge in [-0.1, -0.05) is 12.1 Å². The highest BCUT2D eigenvalue weighted by Gasteiger charge is 1.99. The number of aromatic nitrogens is 1. The molecule has 2 aromatic rings. The van der Waals surface area contributed by atoms with Gasteiger partial charge in [-0.05, 0) is 24.3 Å². The molecule has 1 heterocycles. The highest BCUT2D eigenvalue weighted by Crippen LogP contribution is 2.24. The lowest BCUT2D eigenvalue weighted by Gasteiger charge is -2.06. The van der Waals surface area contributed by atoms with Crippen LogP contribution in [0.2, 0.25) is 0 Å². The third-order valence-corrected chi connectivity index (χ3v) is 1.95. The third kappa shape index (κ3) is 2.17. The number of nitrogen functional groups attached to an aromatic ring is 1. The number of benzene rings is 1. The maximum atomic E-state index is 9.51. The minimum Gasteiger partial charge on any atom is -0.506 e. The van der Waals surface area contributed by atoms with Crippen molar-refractivity contribution in [3.63, 3.8) is 0 Å². The first-order chi connectivity index (χ1) is 7.25. The zero-order valence-corrected chi connectivity index (χ0v) is 8.01. The summed E-state index contributed by atoms with van der Waals surface area (Å²) in [6.07, 6.45) is 1.56. The van der Waals surface area contributed by atoms with E-state index in [1.54, 1.807) is 36.5 Å². The molecule has 0 aliphatic carbocycles. The van der Waals surface area contributed by atoms with Gasteiger partial charge < -0.3 is 16.2 Å². The minimum absolute atomic E-state index is 0.191. The topological polar surface area (TPSA) is 71.2 Å². The van der Waals surface area contributed by atoms with E-state index in [4.69, 9.17) is 5.73 Å². The molecular weight excluding hydrogens is 190 g/mol. The van der Waals surface area contributed by atoms with Gasteiger partial charge in [-0.15, -0.1) is 0 Å². The van der Waals surface area contributed by atoms with Gasteiger partial charge in [0.2, 0.25) is 0 Å². The van der Waals surface area contributed by atoms with Crippen molar-refractivity contribution in [1.82, 2.24) is 4.98 Å². The van der Waals surface area contributed by atoms with Gasteiger partial charge in [-0.3, -0.25) is 0 Å². The first kappa shape index (κ1) is 9.33. The summed E-state index contributed by atoms with van der Waals surface area (Å²) in [5.41, 5.74) is 6.74. The normalized spacial score (nSPS) is 9.87. The molecule has 0 saturated carbocycles. The van der Waals surface area contributed by atoms with Crippen LogP contribution < -0.4 is 11.1 Å². The molecule has 0 radical (unpaired) electrons. The fraction of sp³-hybridized carbons (Fsp3) is 0. The Balaban J connectivity index is 2.22. The van der Waals surface area contributed by atoms with Crippen LogP contribution in [-0.2, 0) is 0 Å². The highest BCUT2D eigenvalue weighted by atomic mass is 16.3. The maximum Gasteiger partial charge on any atom is 0.139 e. The van der Waals surface area contributed by atoms with Gasteiger partial charge >= 0.3 is 0 Å². The maximum absolute atomic E-state index is 9.51. The zero-order chi connectivity index (χ0) is 10.7. The number of nitrogens with zero attached hydrogens (tertiary/aromatic N) is 1. The smallest absolute Gasteiger partial charge is 0.139 e. The van der Waals surface area contributed by atoms with Crippen LogP contribution in [0.25, 0.3) is 0 Å². The summed E-state index contributed by atoms with van der Waals surface area (Å²) >= 11 is 0. The largest absolute Gasteiger partial charge is 0.506 e. The highest BCUT2D eigenvalue weighted by molar-refractivity contribution is 5.63. The van der Waals surface area contributed by atoms with Crippen molar-refractivity contribution < 1.29 is 5.11 Å². The van der Waals surface area contributed by atoms with E-state index < -0.39 is 0 Å². The molecule has 1 aromatic heterocycles. The predicted molar refractivity (Wildman–Crippen MR) is 60.0 cm³/mol. The van der Waals surface area contributed by atoms with Crippen LogP contribution in [0, 0.1) is 0 Å². The van der Waals surface area contributed by atoms with Gasteiger partial charge in [0.1, 0.15) is 11.6 Å². The molecule has 4 nitrogen and oxygen atoms in total. The Morgan fingerprint density at radius 3 is 2.60 bits per heavy atom. The molecule has 4 N–H and O–H groups in total. The monoisotopic (exact) mass is 201 g/mol. The van der Waals surface area contributed by atoms with Crippen LogP contribution in [0.4, 0.5) is 17.2 Å². The molecule has 0 unspecified atom stereocenters. The van der Waals surface area contributed by atoms with Gasteiger partial charge in [0.05, 0.1) is 17.6 Å². The van der Waals surface area contributed by atoms with Crippen molar-refractivity contribution in [3.05, 3.63) is 42.6 Å². The van der Waals surface area contributed by atoms with Crippen molar-refractivity contribution in [1.29, 1.82) is 0 Å². The number of phenolic OH excluding ortho intramolecular Hbond substituents is 1. The second-order valence-electron chi connectivity index (χ2n) is 3.12. The van der Waals surface area contributed by atoms with Crippen molar-refractivity contribution in [2.24, 2.45) is 0 Å². The minimum atomic E-state index is 0.191. The number of hydrogen-bond acceptors (Lipinski definition) is 4. The van der Waals surface area contributed by atoms with E-state index in [1.165, 1.54) is 0 Å². The van der Waals surface area contributed by atoms with E-state index in [2.05, 4.69) is 10.3 Å².